The molecule has 19 nitrogen and oxygen atoms in total. The fourth-order valence-corrected chi connectivity index (χ4v) is 10.5. The monoisotopic (exact) mass is 1230 g/mol. The molecule has 3 aliphatic rings. The van der Waals surface area contributed by atoms with Gasteiger partial charge >= 0.3 is 0 Å². The summed E-state index contributed by atoms with van der Waals surface area (Å²) in [5.41, 5.74) is 0. The maximum absolute atomic E-state index is 13.4. The van der Waals surface area contributed by atoms with E-state index in [1.807, 2.05) is 6.08 Å². The maximum Gasteiger partial charge on any atom is 0.220 e. The first-order chi connectivity index (χ1) is 42.3. The van der Waals surface area contributed by atoms with Crippen LogP contribution in [0, 0.1) is 0 Å². The number of carbonyl (C=O) groups is 1. The zero-order chi connectivity index (χ0) is 63.3. The standard InChI is InChI=1S/C68H115NO18/c1-3-5-7-9-11-13-15-17-19-21-22-23-24-25-26-27-28-30-32-34-36-38-40-42-44-46-56(74)69-51(52(73)45-43-41-39-37-35-33-31-29-20-18-16-14-12-10-8-6-4-2)50-82-66-62(80)59(77)64(54(48-71)84-66)87-68-63(81)60(78)65(55(49-72)85-68)86-67-61(79)58(76)57(75)53(47-70)83-67/h5,7,11,13,17,19-20,22-23,25-26,29,35,37,43,45,51-55,57-68,70-73,75-81H,3-4,6,8-10,12,14-16,18,21,24,27-28,30-34,36,38-42,44,46-50H2,1-2H3,(H,69,74)/b7-5-,13-11-,19-17-,23-22-,26-25-,29-20+,37-35+,45-43+. The van der Waals surface area contributed by atoms with Crippen LogP contribution in [0.2, 0.25) is 0 Å². The summed E-state index contributed by atoms with van der Waals surface area (Å²) in [4.78, 5) is 13.4. The quantitative estimate of drug-likeness (QED) is 0.0205. The average Bonchev–Trinajstić information content (AvgIpc) is 1.15. The molecule has 3 heterocycles. The number of unbranched alkanes of at least 4 members (excludes halogenated alkanes) is 18. The van der Waals surface area contributed by atoms with Gasteiger partial charge in [0.05, 0.1) is 38.6 Å². The molecule has 0 saturated carbocycles. The van der Waals surface area contributed by atoms with Gasteiger partial charge in [-0.05, 0) is 89.9 Å². The molecule has 3 rings (SSSR count). The van der Waals surface area contributed by atoms with Gasteiger partial charge < -0.3 is 89.9 Å². The first kappa shape index (κ1) is 78.0. The highest BCUT2D eigenvalue weighted by Crippen LogP contribution is 2.33. The number of hydrogen-bond donors (Lipinski definition) is 12. The maximum atomic E-state index is 13.4. The molecule has 3 fully saturated rings. The van der Waals surface area contributed by atoms with Gasteiger partial charge in [0.25, 0.3) is 0 Å². The third-order valence-corrected chi connectivity index (χ3v) is 15.8. The first-order valence-corrected chi connectivity index (χ1v) is 33.0. The minimum atomic E-state index is -1.99. The number of carbonyl (C=O) groups excluding carboxylic acids is 1. The van der Waals surface area contributed by atoms with Crippen molar-refractivity contribution in [3.05, 3.63) is 97.2 Å². The number of ether oxygens (including phenoxy) is 6. The second-order valence-corrected chi connectivity index (χ2v) is 23.2. The molecule has 0 aromatic carbocycles. The van der Waals surface area contributed by atoms with Crippen molar-refractivity contribution in [2.75, 3.05) is 26.4 Å². The summed E-state index contributed by atoms with van der Waals surface area (Å²) in [7, 11) is 0. The van der Waals surface area contributed by atoms with Crippen LogP contribution in [0.5, 0.6) is 0 Å². The van der Waals surface area contributed by atoms with E-state index in [9.17, 15) is 61.0 Å². The highest BCUT2D eigenvalue weighted by Gasteiger charge is 2.53. The third-order valence-electron chi connectivity index (χ3n) is 15.8. The molecular formula is C68H115NO18. The molecular weight excluding hydrogens is 1120 g/mol. The van der Waals surface area contributed by atoms with Gasteiger partial charge in [-0.25, -0.2) is 0 Å². The van der Waals surface area contributed by atoms with Gasteiger partial charge in [-0.1, -0.05) is 195 Å². The highest BCUT2D eigenvalue weighted by molar-refractivity contribution is 5.76. The predicted molar refractivity (Wildman–Crippen MR) is 337 cm³/mol. The van der Waals surface area contributed by atoms with Crippen molar-refractivity contribution in [2.24, 2.45) is 0 Å². The highest BCUT2D eigenvalue weighted by atomic mass is 16.8. The van der Waals surface area contributed by atoms with E-state index in [1.165, 1.54) is 70.6 Å². The zero-order valence-corrected chi connectivity index (χ0v) is 52.5. The van der Waals surface area contributed by atoms with Crippen LogP contribution in [0.4, 0.5) is 0 Å². The Bertz CT molecular complexity index is 1960. The minimum absolute atomic E-state index is 0.219. The Morgan fingerprint density at radius 1 is 0.425 bits per heavy atom. The summed E-state index contributed by atoms with van der Waals surface area (Å²) in [5.74, 6) is -0.301. The molecule has 0 aromatic rings. The van der Waals surface area contributed by atoms with Crippen LogP contribution in [0.3, 0.4) is 0 Å². The Morgan fingerprint density at radius 3 is 1.29 bits per heavy atom. The summed E-state index contributed by atoms with van der Waals surface area (Å²) < 4.78 is 34.3. The molecule has 17 atom stereocenters. The lowest BCUT2D eigenvalue weighted by Gasteiger charge is -2.48. The molecule has 17 unspecified atom stereocenters. The Morgan fingerprint density at radius 2 is 0.805 bits per heavy atom. The summed E-state index contributed by atoms with van der Waals surface area (Å²) in [6.07, 6.45) is 36.6. The van der Waals surface area contributed by atoms with E-state index < -0.39 is 124 Å². The number of amides is 1. The third kappa shape index (κ3) is 32.0. The van der Waals surface area contributed by atoms with E-state index >= 15 is 0 Å². The second kappa shape index (κ2) is 49.4. The van der Waals surface area contributed by atoms with E-state index in [2.05, 4.69) is 104 Å². The summed E-state index contributed by atoms with van der Waals surface area (Å²) in [6.45, 7) is 1.56. The summed E-state index contributed by atoms with van der Waals surface area (Å²) in [6, 6.07) is -1.01. The topological polar surface area (TPSA) is 307 Å². The molecule has 0 aromatic heterocycles. The van der Waals surface area contributed by atoms with Crippen LogP contribution in [-0.2, 0) is 33.2 Å². The first-order valence-electron chi connectivity index (χ1n) is 33.0. The molecule has 0 radical (unpaired) electrons. The van der Waals surface area contributed by atoms with Crippen LogP contribution in [-0.4, -0.2) is 193 Å². The fourth-order valence-electron chi connectivity index (χ4n) is 10.5. The Labute approximate surface area is 520 Å². The van der Waals surface area contributed by atoms with Crippen molar-refractivity contribution in [3.8, 4) is 0 Å². The lowest BCUT2D eigenvalue weighted by molar-refractivity contribution is -0.379. The number of nitrogens with one attached hydrogen (secondary N) is 1. The summed E-state index contributed by atoms with van der Waals surface area (Å²) in [5, 5.41) is 120. The lowest BCUT2D eigenvalue weighted by atomic mass is 9.96. The van der Waals surface area contributed by atoms with Gasteiger partial charge in [-0.15, -0.1) is 0 Å². The van der Waals surface area contributed by atoms with E-state index in [0.717, 1.165) is 89.9 Å². The molecule has 19 heteroatoms. The molecule has 3 saturated heterocycles. The van der Waals surface area contributed by atoms with Gasteiger partial charge in [0, 0.05) is 6.42 Å². The zero-order valence-electron chi connectivity index (χ0n) is 52.5. The van der Waals surface area contributed by atoms with Crippen molar-refractivity contribution >= 4 is 5.91 Å². The van der Waals surface area contributed by atoms with Crippen LogP contribution in [0.25, 0.3) is 0 Å². The van der Waals surface area contributed by atoms with Crippen molar-refractivity contribution in [1.29, 1.82) is 0 Å². The number of aliphatic hydroxyl groups is 11. The largest absolute Gasteiger partial charge is 0.394 e. The smallest absolute Gasteiger partial charge is 0.220 e. The number of aliphatic hydroxyl groups excluding tert-OH is 11. The Hall–Kier alpha value is -3.29. The molecule has 87 heavy (non-hydrogen) atoms. The van der Waals surface area contributed by atoms with Crippen molar-refractivity contribution in [3.63, 3.8) is 0 Å². The van der Waals surface area contributed by atoms with E-state index in [1.54, 1.807) is 6.08 Å². The number of rotatable bonds is 48. The van der Waals surface area contributed by atoms with Gasteiger partial charge in [-0.3, -0.25) is 4.79 Å². The summed E-state index contributed by atoms with van der Waals surface area (Å²) >= 11 is 0. The SMILES string of the molecule is CC/C=C\C/C=C\C/C=C\C/C=C\C/C=C\CCCCCCCCCCCC(=O)NC(COC1OC(CO)C(OC2OC(CO)C(OC3OC(CO)C(O)C(O)C3O)C(O)C2O)C(O)C1O)C(O)/C=C/CC/C=C/CC/C=C/CCCCCCCCC. The molecule has 3 aliphatic heterocycles. The lowest BCUT2D eigenvalue weighted by Crippen LogP contribution is -2.66. The van der Waals surface area contributed by atoms with Crippen molar-refractivity contribution in [2.45, 2.75) is 298 Å². The second-order valence-electron chi connectivity index (χ2n) is 23.2. The van der Waals surface area contributed by atoms with E-state index in [-0.39, 0.29) is 18.9 Å². The van der Waals surface area contributed by atoms with Crippen molar-refractivity contribution in [1.82, 2.24) is 5.32 Å². The van der Waals surface area contributed by atoms with Crippen LogP contribution >= 0.6 is 0 Å². The van der Waals surface area contributed by atoms with Crippen LogP contribution in [0.15, 0.2) is 97.2 Å². The predicted octanol–water partition coefficient (Wildman–Crippen LogP) is 7.71. The average molecular weight is 1230 g/mol. The molecule has 500 valence electrons. The van der Waals surface area contributed by atoms with Gasteiger partial charge in [0.1, 0.15) is 73.2 Å². The molecule has 0 spiro atoms. The van der Waals surface area contributed by atoms with E-state index in [4.69, 9.17) is 28.4 Å². The Balaban J connectivity index is 1.47. The normalized spacial score (nSPS) is 29.2. The van der Waals surface area contributed by atoms with Crippen LogP contribution in [0.1, 0.15) is 194 Å². The van der Waals surface area contributed by atoms with Gasteiger partial charge in [0.2, 0.25) is 5.91 Å². The molecule has 1 amide bonds. The molecule has 12 N–H and O–H groups in total. The molecule has 0 aliphatic carbocycles. The minimum Gasteiger partial charge on any atom is -0.394 e. The van der Waals surface area contributed by atoms with Gasteiger partial charge in [0.15, 0.2) is 18.9 Å². The van der Waals surface area contributed by atoms with Crippen LogP contribution < -0.4 is 5.32 Å². The van der Waals surface area contributed by atoms with Crippen molar-refractivity contribution < 1.29 is 89.4 Å². The van der Waals surface area contributed by atoms with Gasteiger partial charge in [-0.2, -0.15) is 0 Å². The number of allylic oxidation sites excluding steroid dienone is 15. The van der Waals surface area contributed by atoms with E-state index in [0.29, 0.717) is 12.8 Å². The Kier molecular flexibility index (Phi) is 44.3. The number of hydrogen-bond acceptors (Lipinski definition) is 18. The molecule has 0 bridgehead atoms. The fraction of sp³-hybridized carbons (Fsp3) is 0.750.